The van der Waals surface area contributed by atoms with E-state index in [0.29, 0.717) is 15.5 Å². The third kappa shape index (κ3) is 3.70. The highest BCUT2D eigenvalue weighted by atomic mass is 35.5. The van der Waals surface area contributed by atoms with E-state index in [9.17, 15) is 14.7 Å². The van der Waals surface area contributed by atoms with E-state index in [1.54, 1.807) is 41.8 Å². The van der Waals surface area contributed by atoms with Crippen LogP contribution in [0.5, 0.6) is 0 Å². The van der Waals surface area contributed by atoms with Crippen molar-refractivity contribution in [2.75, 3.05) is 5.32 Å². The van der Waals surface area contributed by atoms with Crippen LogP contribution in [0.25, 0.3) is 10.4 Å². The number of carboxylic acid groups (broad SMARTS) is 1. The first-order valence-corrected chi connectivity index (χ1v) is 8.56. The Balaban J connectivity index is 1.94. The number of thiophene rings is 1. The lowest BCUT2D eigenvalue weighted by Gasteiger charge is -2.06. The van der Waals surface area contributed by atoms with E-state index in [2.05, 4.69) is 10.3 Å². The average Bonchev–Trinajstić information content (AvgIpc) is 3.00. The van der Waals surface area contributed by atoms with Crippen molar-refractivity contribution < 1.29 is 14.7 Å². The number of nitrogens with zero attached hydrogens (tertiary/aromatic N) is 1. The maximum absolute atomic E-state index is 12.3. The van der Waals surface area contributed by atoms with Gasteiger partial charge in [-0.15, -0.1) is 11.3 Å². The van der Waals surface area contributed by atoms with Crippen molar-refractivity contribution >= 4 is 40.5 Å². The minimum Gasteiger partial charge on any atom is -0.478 e. The SMILES string of the molecule is Cc1ccc(C(=O)Nc2csc(-c3ccc(Cl)cc3)c2C(=O)O)cn1. The molecule has 0 aliphatic rings. The Bertz CT molecular complexity index is 934. The van der Waals surface area contributed by atoms with Crippen molar-refractivity contribution in [3.8, 4) is 10.4 Å². The normalized spacial score (nSPS) is 10.5. The molecule has 5 nitrogen and oxygen atoms in total. The maximum Gasteiger partial charge on any atom is 0.339 e. The fourth-order valence-electron chi connectivity index (χ4n) is 2.27. The summed E-state index contributed by atoms with van der Waals surface area (Å²) < 4.78 is 0. The minimum absolute atomic E-state index is 0.0562. The predicted molar refractivity (Wildman–Crippen MR) is 98.7 cm³/mol. The number of rotatable bonds is 4. The summed E-state index contributed by atoms with van der Waals surface area (Å²) in [6.07, 6.45) is 1.46. The van der Waals surface area contributed by atoms with E-state index < -0.39 is 11.9 Å². The van der Waals surface area contributed by atoms with E-state index in [4.69, 9.17) is 11.6 Å². The van der Waals surface area contributed by atoms with Gasteiger partial charge < -0.3 is 10.4 Å². The first kappa shape index (κ1) is 17.1. The van der Waals surface area contributed by atoms with Crippen LogP contribution in [0.3, 0.4) is 0 Å². The lowest BCUT2D eigenvalue weighted by atomic mass is 10.1. The molecule has 0 radical (unpaired) electrons. The van der Waals surface area contributed by atoms with Gasteiger partial charge in [0.2, 0.25) is 0 Å². The molecule has 0 atom stereocenters. The third-order valence-electron chi connectivity index (χ3n) is 3.53. The van der Waals surface area contributed by atoms with Crippen LogP contribution in [0.15, 0.2) is 48.0 Å². The number of carbonyl (C=O) groups excluding carboxylic acids is 1. The van der Waals surface area contributed by atoms with Crippen LogP contribution in [0, 0.1) is 6.92 Å². The van der Waals surface area contributed by atoms with Gasteiger partial charge in [-0.3, -0.25) is 9.78 Å². The molecule has 1 aromatic carbocycles. The van der Waals surface area contributed by atoms with Gasteiger partial charge in [0, 0.05) is 22.3 Å². The molecule has 1 amide bonds. The molecule has 2 heterocycles. The molecule has 3 aromatic rings. The number of amides is 1. The summed E-state index contributed by atoms with van der Waals surface area (Å²) in [6.45, 7) is 1.82. The number of pyridine rings is 1. The molecule has 0 bridgehead atoms. The fraction of sp³-hybridized carbons (Fsp3) is 0.0556. The van der Waals surface area contributed by atoms with E-state index in [1.165, 1.54) is 17.5 Å². The number of benzene rings is 1. The quantitative estimate of drug-likeness (QED) is 0.694. The van der Waals surface area contributed by atoms with Gasteiger partial charge >= 0.3 is 5.97 Å². The van der Waals surface area contributed by atoms with Gasteiger partial charge in [0.05, 0.1) is 16.1 Å². The number of anilines is 1. The summed E-state index contributed by atoms with van der Waals surface area (Å²) in [7, 11) is 0. The molecule has 0 saturated heterocycles. The molecule has 0 spiro atoms. The van der Waals surface area contributed by atoms with E-state index in [1.807, 2.05) is 6.92 Å². The molecule has 0 unspecified atom stereocenters. The second-order valence-electron chi connectivity index (χ2n) is 5.31. The van der Waals surface area contributed by atoms with Gasteiger partial charge in [-0.2, -0.15) is 0 Å². The molecular formula is C18H13ClN2O3S. The van der Waals surface area contributed by atoms with Gasteiger partial charge in [-0.25, -0.2) is 4.79 Å². The van der Waals surface area contributed by atoms with Gasteiger partial charge in [0.15, 0.2) is 0 Å². The predicted octanol–water partition coefficient (Wildman–Crippen LogP) is 4.72. The molecule has 0 fully saturated rings. The van der Waals surface area contributed by atoms with Crippen LogP contribution < -0.4 is 5.32 Å². The number of aromatic carboxylic acids is 1. The molecule has 7 heteroatoms. The van der Waals surface area contributed by atoms with Crippen LogP contribution >= 0.6 is 22.9 Å². The lowest BCUT2D eigenvalue weighted by Crippen LogP contribution is -2.14. The summed E-state index contributed by atoms with van der Waals surface area (Å²) in [5.41, 5.74) is 2.20. The van der Waals surface area contributed by atoms with Crippen LogP contribution in [-0.2, 0) is 0 Å². The van der Waals surface area contributed by atoms with Crippen molar-refractivity contribution in [2.24, 2.45) is 0 Å². The molecule has 0 saturated carbocycles. The summed E-state index contributed by atoms with van der Waals surface area (Å²) in [6, 6.07) is 10.2. The molecule has 2 aromatic heterocycles. The smallest absolute Gasteiger partial charge is 0.339 e. The summed E-state index contributed by atoms with van der Waals surface area (Å²) in [5, 5.41) is 14.4. The Morgan fingerprint density at radius 2 is 1.88 bits per heavy atom. The lowest BCUT2D eigenvalue weighted by molar-refractivity contribution is 0.0699. The minimum atomic E-state index is -1.11. The highest BCUT2D eigenvalue weighted by Gasteiger charge is 2.21. The Morgan fingerprint density at radius 3 is 2.48 bits per heavy atom. The standard InChI is InChI=1S/C18H13ClN2O3S/c1-10-2-3-12(8-20-10)17(22)21-14-9-25-16(15(14)18(23)24)11-4-6-13(19)7-5-11/h2-9H,1H3,(H,21,22)(H,23,24). The summed E-state index contributed by atoms with van der Waals surface area (Å²) >= 11 is 7.13. The third-order valence-corrected chi connectivity index (χ3v) is 4.81. The Hall–Kier alpha value is -2.70. The number of aryl methyl sites for hydroxylation is 1. The number of aromatic nitrogens is 1. The zero-order chi connectivity index (χ0) is 18.0. The van der Waals surface area contributed by atoms with Crippen molar-refractivity contribution in [1.82, 2.24) is 4.98 Å². The second-order valence-corrected chi connectivity index (χ2v) is 6.62. The number of halogens is 1. The van der Waals surface area contributed by atoms with Crippen LogP contribution in [-0.4, -0.2) is 22.0 Å². The van der Waals surface area contributed by atoms with Crippen molar-refractivity contribution in [3.05, 3.63) is 69.8 Å². The highest BCUT2D eigenvalue weighted by Crippen LogP contribution is 2.36. The number of hydrogen-bond acceptors (Lipinski definition) is 4. The van der Waals surface area contributed by atoms with Crippen molar-refractivity contribution in [3.63, 3.8) is 0 Å². The zero-order valence-electron chi connectivity index (χ0n) is 13.1. The fourth-order valence-corrected chi connectivity index (χ4v) is 3.40. The van der Waals surface area contributed by atoms with E-state index in [0.717, 1.165) is 11.3 Å². The summed E-state index contributed by atoms with van der Waals surface area (Å²) in [4.78, 5) is 28.7. The van der Waals surface area contributed by atoms with Gasteiger partial charge in [0.1, 0.15) is 5.56 Å². The summed E-state index contributed by atoms with van der Waals surface area (Å²) in [5.74, 6) is -1.51. The zero-order valence-corrected chi connectivity index (χ0v) is 14.7. The number of hydrogen-bond donors (Lipinski definition) is 2. The van der Waals surface area contributed by atoms with Crippen molar-refractivity contribution in [2.45, 2.75) is 6.92 Å². The topological polar surface area (TPSA) is 79.3 Å². The van der Waals surface area contributed by atoms with E-state index >= 15 is 0 Å². The van der Waals surface area contributed by atoms with Gasteiger partial charge in [-0.1, -0.05) is 23.7 Å². The van der Waals surface area contributed by atoms with Crippen LogP contribution in [0.4, 0.5) is 5.69 Å². The van der Waals surface area contributed by atoms with Crippen LogP contribution in [0.1, 0.15) is 26.4 Å². The highest BCUT2D eigenvalue weighted by molar-refractivity contribution is 7.14. The first-order chi connectivity index (χ1) is 12.0. The molecule has 126 valence electrons. The molecule has 25 heavy (non-hydrogen) atoms. The van der Waals surface area contributed by atoms with Gasteiger partial charge in [0.25, 0.3) is 5.91 Å². The molecule has 2 N–H and O–H groups in total. The first-order valence-electron chi connectivity index (χ1n) is 7.30. The number of carbonyl (C=O) groups is 2. The molecular weight excluding hydrogens is 360 g/mol. The average molecular weight is 373 g/mol. The van der Waals surface area contributed by atoms with E-state index in [-0.39, 0.29) is 11.3 Å². The maximum atomic E-state index is 12.3. The molecule has 0 aliphatic carbocycles. The molecule has 3 rings (SSSR count). The number of nitrogens with one attached hydrogen (secondary N) is 1. The Morgan fingerprint density at radius 1 is 1.16 bits per heavy atom. The van der Waals surface area contributed by atoms with Crippen LogP contribution in [0.2, 0.25) is 5.02 Å². The Labute approximate surface area is 152 Å². The van der Waals surface area contributed by atoms with Crippen molar-refractivity contribution in [1.29, 1.82) is 0 Å². The Kier molecular flexibility index (Phi) is 4.83. The number of carboxylic acids is 1. The van der Waals surface area contributed by atoms with Gasteiger partial charge in [-0.05, 0) is 36.8 Å². The largest absolute Gasteiger partial charge is 0.478 e. The monoisotopic (exact) mass is 372 g/mol. The second kappa shape index (κ2) is 7.04. The molecule has 0 aliphatic heterocycles.